The van der Waals surface area contributed by atoms with Crippen LogP contribution in [0.4, 0.5) is 5.69 Å². The molecule has 0 spiro atoms. The maximum absolute atomic E-state index is 10.9. The maximum atomic E-state index is 10.9. The lowest BCUT2D eigenvalue weighted by Gasteiger charge is -2.12. The Hall–Kier alpha value is -2.19. The minimum atomic E-state index is -1.05. The molecule has 0 saturated carbocycles. The van der Waals surface area contributed by atoms with E-state index in [2.05, 4.69) is 4.98 Å². The molecule has 0 aliphatic carbocycles. The molecular weight excluding hydrogens is 300 g/mol. The van der Waals surface area contributed by atoms with E-state index in [0.717, 1.165) is 5.23 Å². The van der Waals surface area contributed by atoms with Crippen LogP contribution in [0.15, 0.2) is 42.6 Å². The van der Waals surface area contributed by atoms with Gasteiger partial charge in [0.25, 0.3) is 6.29 Å². The van der Waals surface area contributed by atoms with Crippen LogP contribution in [-0.2, 0) is 14.7 Å². The zero-order valence-corrected chi connectivity index (χ0v) is 11.2. The van der Waals surface area contributed by atoms with Gasteiger partial charge < -0.3 is 5.11 Å². The quantitative estimate of drug-likeness (QED) is 0.689. The minimum absolute atomic E-state index is 0.0996. The molecule has 1 unspecified atom stereocenters. The molecule has 1 fully saturated rings. The SMILES string of the molecule is O=C(O)c1cccc(N2OOC(c3cccnc3Cl)O2)c1. The predicted octanol–water partition coefficient (Wildman–Crippen LogP) is 2.75. The number of anilines is 1. The number of hydrogen-bond donors (Lipinski definition) is 1. The van der Waals surface area contributed by atoms with E-state index >= 15 is 0 Å². The molecule has 1 aliphatic rings. The summed E-state index contributed by atoms with van der Waals surface area (Å²) in [5.74, 6) is -1.05. The minimum Gasteiger partial charge on any atom is -0.478 e. The molecule has 2 heterocycles. The van der Waals surface area contributed by atoms with Crippen LogP contribution in [0.3, 0.4) is 0 Å². The molecule has 7 nitrogen and oxygen atoms in total. The Labute approximate surface area is 124 Å². The molecule has 21 heavy (non-hydrogen) atoms. The highest BCUT2D eigenvalue weighted by atomic mass is 35.5. The number of hydrogen-bond acceptors (Lipinski definition) is 6. The number of carboxylic acids is 1. The van der Waals surface area contributed by atoms with Crippen molar-refractivity contribution in [2.75, 3.05) is 5.23 Å². The highest BCUT2D eigenvalue weighted by molar-refractivity contribution is 6.30. The van der Waals surface area contributed by atoms with Crippen LogP contribution in [0.5, 0.6) is 0 Å². The van der Waals surface area contributed by atoms with Crippen LogP contribution < -0.4 is 5.23 Å². The average Bonchev–Trinajstić information content (AvgIpc) is 2.97. The van der Waals surface area contributed by atoms with Crippen molar-refractivity contribution in [2.45, 2.75) is 6.29 Å². The van der Waals surface area contributed by atoms with Gasteiger partial charge in [-0.05, 0) is 30.3 Å². The summed E-state index contributed by atoms with van der Waals surface area (Å²) in [4.78, 5) is 30.2. The van der Waals surface area contributed by atoms with Gasteiger partial charge in [0.2, 0.25) is 0 Å². The van der Waals surface area contributed by atoms with Crippen molar-refractivity contribution in [1.82, 2.24) is 4.98 Å². The Morgan fingerprint density at radius 1 is 1.33 bits per heavy atom. The molecule has 1 saturated heterocycles. The number of nitrogens with zero attached hydrogens (tertiary/aromatic N) is 2. The number of aromatic nitrogens is 1. The highest BCUT2D eigenvalue weighted by Gasteiger charge is 2.31. The Morgan fingerprint density at radius 3 is 2.95 bits per heavy atom. The number of pyridine rings is 1. The van der Waals surface area contributed by atoms with E-state index in [1.54, 1.807) is 24.3 Å². The van der Waals surface area contributed by atoms with Crippen molar-refractivity contribution in [1.29, 1.82) is 0 Å². The fraction of sp³-hybridized carbons (Fsp3) is 0.0769. The van der Waals surface area contributed by atoms with Gasteiger partial charge in [0.05, 0.1) is 16.8 Å². The van der Waals surface area contributed by atoms with Crippen molar-refractivity contribution in [3.63, 3.8) is 0 Å². The van der Waals surface area contributed by atoms with Crippen LogP contribution in [0.2, 0.25) is 5.15 Å². The lowest BCUT2D eigenvalue weighted by molar-refractivity contribution is -0.286. The summed E-state index contributed by atoms with van der Waals surface area (Å²) in [6.07, 6.45) is 0.648. The highest BCUT2D eigenvalue weighted by Crippen LogP contribution is 2.33. The van der Waals surface area contributed by atoms with Crippen molar-refractivity contribution in [3.8, 4) is 0 Å². The van der Waals surface area contributed by atoms with Crippen LogP contribution in [0.1, 0.15) is 22.2 Å². The largest absolute Gasteiger partial charge is 0.478 e. The first-order valence-electron chi connectivity index (χ1n) is 5.89. The van der Waals surface area contributed by atoms with Crippen LogP contribution in [-0.4, -0.2) is 16.1 Å². The molecule has 108 valence electrons. The summed E-state index contributed by atoms with van der Waals surface area (Å²) in [6.45, 7) is 0. The number of aromatic carboxylic acids is 1. The fourth-order valence-electron chi connectivity index (χ4n) is 1.74. The lowest BCUT2D eigenvalue weighted by atomic mass is 10.2. The zero-order chi connectivity index (χ0) is 14.8. The molecule has 3 rings (SSSR count). The number of carboxylic acid groups (broad SMARTS) is 1. The third kappa shape index (κ3) is 2.81. The van der Waals surface area contributed by atoms with Crippen molar-refractivity contribution < 1.29 is 24.6 Å². The Kier molecular flexibility index (Phi) is 3.72. The first-order chi connectivity index (χ1) is 10.1. The number of rotatable bonds is 3. The molecule has 1 aromatic heterocycles. The molecule has 0 bridgehead atoms. The van der Waals surface area contributed by atoms with E-state index in [1.165, 1.54) is 18.3 Å². The first kappa shape index (κ1) is 13.8. The Morgan fingerprint density at radius 2 is 2.19 bits per heavy atom. The molecule has 1 atom stereocenters. The van der Waals surface area contributed by atoms with Crippen molar-refractivity contribution in [3.05, 3.63) is 58.9 Å². The van der Waals surface area contributed by atoms with Crippen molar-refractivity contribution in [2.24, 2.45) is 0 Å². The summed E-state index contributed by atoms with van der Waals surface area (Å²) < 4.78 is 0. The van der Waals surface area contributed by atoms with Gasteiger partial charge in [-0.2, -0.15) is 4.89 Å². The van der Waals surface area contributed by atoms with Gasteiger partial charge in [-0.25, -0.2) is 14.6 Å². The molecule has 1 aromatic carbocycles. The first-order valence-corrected chi connectivity index (χ1v) is 6.27. The lowest BCUT2D eigenvalue weighted by Crippen LogP contribution is -2.15. The van der Waals surface area contributed by atoms with Gasteiger partial charge in [-0.1, -0.05) is 27.9 Å². The molecular formula is C13H9ClN2O5. The second kappa shape index (κ2) is 5.66. The second-order valence-electron chi connectivity index (χ2n) is 4.10. The molecule has 0 radical (unpaired) electrons. The molecule has 2 aromatic rings. The number of halogens is 1. The Bertz CT molecular complexity index is 681. The smallest absolute Gasteiger partial charge is 0.335 e. The normalized spacial score (nSPS) is 18.0. The van der Waals surface area contributed by atoms with Gasteiger partial charge in [-0.15, -0.1) is 0 Å². The summed E-state index contributed by atoms with van der Waals surface area (Å²) in [5.41, 5.74) is 0.969. The molecule has 0 amide bonds. The van der Waals surface area contributed by atoms with Gasteiger partial charge in [0.15, 0.2) is 0 Å². The third-order valence-corrected chi connectivity index (χ3v) is 3.05. The van der Waals surface area contributed by atoms with Crippen LogP contribution in [0, 0.1) is 0 Å². The van der Waals surface area contributed by atoms with Crippen LogP contribution >= 0.6 is 11.6 Å². The fourth-order valence-corrected chi connectivity index (χ4v) is 1.95. The standard InChI is InChI=1S/C13H9ClN2O5/c14-11-10(5-2-6-15-11)13-19-16(21-20-13)9-4-1-3-8(7-9)12(17)18/h1-7,13H,(H,17,18). The summed E-state index contributed by atoms with van der Waals surface area (Å²) in [7, 11) is 0. The van der Waals surface area contributed by atoms with E-state index < -0.39 is 12.3 Å². The van der Waals surface area contributed by atoms with E-state index in [9.17, 15) is 4.79 Å². The second-order valence-corrected chi connectivity index (χ2v) is 4.46. The van der Waals surface area contributed by atoms with Gasteiger partial charge in [0.1, 0.15) is 5.15 Å². The number of benzene rings is 1. The van der Waals surface area contributed by atoms with Crippen LogP contribution in [0.25, 0.3) is 0 Å². The molecule has 1 N–H and O–H groups in total. The Balaban J connectivity index is 1.80. The number of carbonyl (C=O) groups is 1. The van der Waals surface area contributed by atoms with Gasteiger partial charge in [0, 0.05) is 6.20 Å². The average molecular weight is 309 g/mol. The molecule has 8 heteroatoms. The van der Waals surface area contributed by atoms with E-state index in [0.29, 0.717) is 11.3 Å². The maximum Gasteiger partial charge on any atom is 0.335 e. The molecule has 1 aliphatic heterocycles. The summed E-state index contributed by atoms with van der Waals surface area (Å²) >= 11 is 5.94. The van der Waals surface area contributed by atoms with E-state index in [-0.39, 0.29) is 10.7 Å². The summed E-state index contributed by atoms with van der Waals surface area (Å²) in [6, 6.07) is 9.39. The topological polar surface area (TPSA) is 81.1 Å². The van der Waals surface area contributed by atoms with E-state index in [1.807, 2.05) is 0 Å². The van der Waals surface area contributed by atoms with E-state index in [4.69, 9.17) is 31.4 Å². The predicted molar refractivity (Wildman–Crippen MR) is 71.1 cm³/mol. The third-order valence-electron chi connectivity index (χ3n) is 2.74. The summed E-state index contributed by atoms with van der Waals surface area (Å²) in [5, 5.41) is 10.2. The monoisotopic (exact) mass is 308 g/mol. The van der Waals surface area contributed by atoms with Crippen molar-refractivity contribution >= 4 is 23.3 Å². The van der Waals surface area contributed by atoms with Gasteiger partial charge in [-0.3, -0.25) is 0 Å². The van der Waals surface area contributed by atoms with Gasteiger partial charge >= 0.3 is 5.97 Å². The zero-order valence-electron chi connectivity index (χ0n) is 10.5.